The Morgan fingerprint density at radius 3 is 2.31 bits per heavy atom. The van der Waals surface area contributed by atoms with E-state index in [1.807, 2.05) is 36.4 Å². The quantitative estimate of drug-likeness (QED) is 0.505. The van der Waals surface area contributed by atoms with Gasteiger partial charge in [0.2, 0.25) is 0 Å². The fraction of sp³-hybridized carbons (Fsp3) is 0.333. The normalized spacial score (nSPS) is 14.1. The first kappa shape index (κ1) is 21.7. The first-order valence-electron chi connectivity index (χ1n) is 10.6. The minimum Gasteiger partial charge on any atom is -0.493 e. The van der Waals surface area contributed by atoms with Crippen molar-refractivity contribution in [1.82, 2.24) is 14.9 Å². The van der Waals surface area contributed by atoms with Crippen molar-refractivity contribution < 1.29 is 18.9 Å². The Labute approximate surface area is 188 Å². The molecular formula is C24H28N4O4. The zero-order valence-corrected chi connectivity index (χ0v) is 18.4. The third kappa shape index (κ3) is 5.39. The van der Waals surface area contributed by atoms with Crippen molar-refractivity contribution in [2.24, 2.45) is 0 Å². The second-order valence-corrected chi connectivity index (χ2v) is 7.29. The van der Waals surface area contributed by atoms with Gasteiger partial charge >= 0.3 is 0 Å². The molecule has 2 aromatic carbocycles. The summed E-state index contributed by atoms with van der Waals surface area (Å²) in [5, 5.41) is 0. The van der Waals surface area contributed by atoms with Crippen LogP contribution in [0.1, 0.15) is 0 Å². The molecule has 32 heavy (non-hydrogen) atoms. The van der Waals surface area contributed by atoms with Crippen LogP contribution in [0.2, 0.25) is 0 Å². The lowest BCUT2D eigenvalue weighted by atomic mass is 10.3. The van der Waals surface area contributed by atoms with Crippen molar-refractivity contribution in [3.05, 3.63) is 60.9 Å². The molecule has 2 heterocycles. The van der Waals surface area contributed by atoms with Gasteiger partial charge in [0.1, 0.15) is 18.1 Å². The molecule has 8 heteroatoms. The molecule has 0 atom stereocenters. The van der Waals surface area contributed by atoms with Crippen LogP contribution in [-0.2, 0) is 0 Å². The van der Waals surface area contributed by atoms with E-state index in [1.54, 1.807) is 38.7 Å². The fourth-order valence-corrected chi connectivity index (χ4v) is 3.59. The Bertz CT molecular complexity index is 994. The molecule has 1 saturated heterocycles. The molecule has 0 bridgehead atoms. The number of nitrogens with zero attached hydrogens (tertiary/aromatic N) is 4. The Hall–Kier alpha value is -3.52. The monoisotopic (exact) mass is 436 g/mol. The predicted octanol–water partition coefficient (Wildman–Crippen LogP) is 3.49. The summed E-state index contributed by atoms with van der Waals surface area (Å²) in [5.74, 6) is 3.97. The molecule has 8 nitrogen and oxygen atoms in total. The molecule has 0 unspecified atom stereocenters. The summed E-state index contributed by atoms with van der Waals surface area (Å²) in [7, 11) is 3.20. The molecule has 0 aliphatic carbocycles. The molecule has 0 N–H and O–H groups in total. The highest BCUT2D eigenvalue weighted by molar-refractivity contribution is 5.52. The number of para-hydroxylation sites is 1. The topological polar surface area (TPSA) is 69.2 Å². The number of hydrogen-bond acceptors (Lipinski definition) is 8. The molecule has 3 aromatic rings. The van der Waals surface area contributed by atoms with E-state index in [-0.39, 0.29) is 0 Å². The average molecular weight is 437 g/mol. The van der Waals surface area contributed by atoms with E-state index < -0.39 is 0 Å². The number of anilines is 1. The summed E-state index contributed by atoms with van der Waals surface area (Å²) >= 11 is 0. The summed E-state index contributed by atoms with van der Waals surface area (Å²) in [6.45, 7) is 5.08. The maximum absolute atomic E-state index is 6.06. The number of methoxy groups -OCH3 is 2. The van der Waals surface area contributed by atoms with Crippen LogP contribution in [0.4, 0.5) is 5.82 Å². The van der Waals surface area contributed by atoms with Gasteiger partial charge in [-0.1, -0.05) is 18.2 Å². The maximum atomic E-state index is 6.06. The van der Waals surface area contributed by atoms with Crippen molar-refractivity contribution in [1.29, 1.82) is 0 Å². The van der Waals surface area contributed by atoms with E-state index >= 15 is 0 Å². The van der Waals surface area contributed by atoms with Crippen molar-refractivity contribution >= 4 is 5.82 Å². The van der Waals surface area contributed by atoms with Gasteiger partial charge in [0.05, 0.1) is 14.2 Å². The molecule has 1 aliphatic rings. The first-order chi connectivity index (χ1) is 15.8. The van der Waals surface area contributed by atoms with E-state index in [0.717, 1.165) is 44.3 Å². The molecule has 1 aromatic heterocycles. The molecule has 0 spiro atoms. The number of benzene rings is 2. The lowest BCUT2D eigenvalue weighted by Crippen LogP contribution is -2.47. The number of piperazine rings is 1. The summed E-state index contributed by atoms with van der Waals surface area (Å²) in [6.07, 6.45) is 3.33. The standard InChI is InChI=1S/C24H28N4O4/c1-29-21-9-8-20(18-22(21)30-2)32-24-23(25-10-11-26-24)28-14-12-27(13-15-28)16-17-31-19-6-4-3-5-7-19/h3-11,18H,12-17H2,1-2H3. The predicted molar refractivity (Wildman–Crippen MR) is 122 cm³/mol. The summed E-state index contributed by atoms with van der Waals surface area (Å²) in [5.41, 5.74) is 0. The van der Waals surface area contributed by atoms with Gasteiger partial charge in [-0.3, -0.25) is 4.90 Å². The zero-order valence-electron chi connectivity index (χ0n) is 18.4. The van der Waals surface area contributed by atoms with Crippen LogP contribution in [0.3, 0.4) is 0 Å². The molecular weight excluding hydrogens is 408 g/mol. The smallest absolute Gasteiger partial charge is 0.263 e. The SMILES string of the molecule is COc1ccc(Oc2nccnc2N2CCN(CCOc3ccccc3)CC2)cc1OC. The van der Waals surface area contributed by atoms with Crippen LogP contribution in [0, 0.1) is 0 Å². The fourth-order valence-electron chi connectivity index (χ4n) is 3.59. The molecule has 1 fully saturated rings. The van der Waals surface area contributed by atoms with Gasteiger partial charge in [0.15, 0.2) is 17.3 Å². The second kappa shape index (κ2) is 10.7. The van der Waals surface area contributed by atoms with Crippen molar-refractivity contribution in [2.75, 3.05) is 58.5 Å². The summed E-state index contributed by atoms with van der Waals surface area (Å²) in [4.78, 5) is 13.6. The Morgan fingerprint density at radius 1 is 0.812 bits per heavy atom. The van der Waals surface area contributed by atoms with Crippen LogP contribution >= 0.6 is 0 Å². The maximum Gasteiger partial charge on any atom is 0.263 e. The highest BCUT2D eigenvalue weighted by Gasteiger charge is 2.22. The second-order valence-electron chi connectivity index (χ2n) is 7.29. The van der Waals surface area contributed by atoms with Gasteiger partial charge in [0.25, 0.3) is 5.88 Å². The summed E-state index contributed by atoms with van der Waals surface area (Å²) < 4.78 is 22.5. The van der Waals surface area contributed by atoms with Crippen LogP contribution in [0.25, 0.3) is 0 Å². The van der Waals surface area contributed by atoms with Crippen molar-refractivity contribution in [2.45, 2.75) is 0 Å². The van der Waals surface area contributed by atoms with Gasteiger partial charge in [-0.2, -0.15) is 0 Å². The average Bonchev–Trinajstić information content (AvgIpc) is 2.85. The third-order valence-electron chi connectivity index (χ3n) is 5.31. The van der Waals surface area contributed by atoms with E-state index in [9.17, 15) is 0 Å². The molecule has 4 rings (SSSR count). The van der Waals surface area contributed by atoms with Crippen molar-refractivity contribution in [3.8, 4) is 28.9 Å². The molecule has 168 valence electrons. The minimum atomic E-state index is 0.473. The van der Waals surface area contributed by atoms with Gasteiger partial charge < -0.3 is 23.8 Å². The summed E-state index contributed by atoms with van der Waals surface area (Å²) in [6, 6.07) is 15.3. The van der Waals surface area contributed by atoms with Gasteiger partial charge in [-0.25, -0.2) is 9.97 Å². The highest BCUT2D eigenvalue weighted by atomic mass is 16.5. The third-order valence-corrected chi connectivity index (χ3v) is 5.31. The van der Waals surface area contributed by atoms with Crippen LogP contribution in [0.15, 0.2) is 60.9 Å². The Kier molecular flexibility index (Phi) is 7.24. The van der Waals surface area contributed by atoms with Crippen LogP contribution in [0.5, 0.6) is 28.9 Å². The van der Waals surface area contributed by atoms with Gasteiger partial charge in [0, 0.05) is 51.2 Å². The largest absolute Gasteiger partial charge is 0.493 e. The van der Waals surface area contributed by atoms with Crippen molar-refractivity contribution in [3.63, 3.8) is 0 Å². The van der Waals surface area contributed by atoms with Crippen LogP contribution < -0.4 is 23.8 Å². The van der Waals surface area contributed by atoms with Gasteiger partial charge in [-0.15, -0.1) is 0 Å². The molecule has 0 saturated carbocycles. The number of ether oxygens (including phenoxy) is 4. The molecule has 0 amide bonds. The van der Waals surface area contributed by atoms with E-state index in [2.05, 4.69) is 19.8 Å². The van der Waals surface area contributed by atoms with E-state index in [1.165, 1.54) is 0 Å². The first-order valence-corrected chi connectivity index (χ1v) is 10.6. The number of hydrogen-bond donors (Lipinski definition) is 0. The lowest BCUT2D eigenvalue weighted by Gasteiger charge is -2.35. The number of rotatable bonds is 9. The molecule has 0 radical (unpaired) electrons. The number of aromatic nitrogens is 2. The molecule has 1 aliphatic heterocycles. The Morgan fingerprint density at radius 2 is 1.56 bits per heavy atom. The lowest BCUT2D eigenvalue weighted by molar-refractivity contribution is 0.200. The zero-order chi connectivity index (χ0) is 22.2. The minimum absolute atomic E-state index is 0.473. The van der Waals surface area contributed by atoms with Crippen LogP contribution in [-0.4, -0.2) is 68.4 Å². The van der Waals surface area contributed by atoms with E-state index in [0.29, 0.717) is 29.7 Å². The van der Waals surface area contributed by atoms with E-state index in [4.69, 9.17) is 18.9 Å². The Balaban J connectivity index is 1.34. The highest BCUT2D eigenvalue weighted by Crippen LogP contribution is 2.34. The van der Waals surface area contributed by atoms with Gasteiger partial charge in [-0.05, 0) is 24.3 Å².